The summed E-state index contributed by atoms with van der Waals surface area (Å²) in [5, 5.41) is 24.7. The molecule has 6 heteroatoms. The van der Waals surface area contributed by atoms with Gasteiger partial charge >= 0.3 is 0 Å². The van der Waals surface area contributed by atoms with E-state index in [-0.39, 0.29) is 12.4 Å². The van der Waals surface area contributed by atoms with Crippen LogP contribution in [0.3, 0.4) is 0 Å². The third-order valence-corrected chi connectivity index (χ3v) is 3.09. The van der Waals surface area contributed by atoms with Crippen molar-refractivity contribution >= 4 is 34.8 Å². The topological polar surface area (TPSA) is 78.5 Å². The van der Waals surface area contributed by atoms with Crippen molar-refractivity contribution in [3.8, 4) is 0 Å². The molecule has 0 atom stereocenters. The van der Waals surface area contributed by atoms with Gasteiger partial charge < -0.3 is 15.9 Å². The van der Waals surface area contributed by atoms with Crippen molar-refractivity contribution in [1.82, 2.24) is 5.32 Å². The molecule has 0 bridgehead atoms. The first kappa shape index (κ1) is 16.2. The number of rotatable bonds is 4. The summed E-state index contributed by atoms with van der Waals surface area (Å²) in [4.78, 5) is 0. The minimum Gasteiger partial charge on any atom is -0.350 e. The first-order valence-corrected chi connectivity index (χ1v) is 6.01. The Bertz CT molecular complexity index is 561. The van der Waals surface area contributed by atoms with Crippen molar-refractivity contribution in [2.45, 2.75) is 5.91 Å². The number of benzene rings is 2. The van der Waals surface area contributed by atoms with Crippen molar-refractivity contribution in [1.29, 1.82) is 0 Å². The summed E-state index contributed by atoms with van der Waals surface area (Å²) in [5.41, 5.74) is 5.70. The Hall–Kier alpha value is -0.880. The van der Waals surface area contributed by atoms with E-state index >= 15 is 0 Å². The zero-order valence-electron chi connectivity index (χ0n) is 10.1. The maximum Gasteiger partial charge on any atom is 0.251 e. The zero-order chi connectivity index (χ0) is 13.2. The Morgan fingerprint density at radius 1 is 1.11 bits per heavy atom. The lowest BCUT2D eigenvalue weighted by molar-refractivity contribution is -0.193. The Morgan fingerprint density at radius 3 is 2.42 bits per heavy atom. The molecule has 0 saturated carbocycles. The van der Waals surface area contributed by atoms with Gasteiger partial charge in [-0.15, -0.1) is 12.4 Å². The van der Waals surface area contributed by atoms with Crippen molar-refractivity contribution in [3.05, 3.63) is 47.0 Å². The summed E-state index contributed by atoms with van der Waals surface area (Å²) in [7, 11) is 0. The van der Waals surface area contributed by atoms with Gasteiger partial charge in [-0.2, -0.15) is 0 Å². The fraction of sp³-hybridized carbons (Fsp3) is 0.231. The van der Waals surface area contributed by atoms with Gasteiger partial charge in [0.1, 0.15) is 0 Å². The highest BCUT2D eigenvalue weighted by molar-refractivity contribution is 6.35. The number of fused-ring (bicyclic) bond motifs is 1. The normalized spacial score (nSPS) is 11.4. The molecule has 0 aliphatic rings. The van der Waals surface area contributed by atoms with Gasteiger partial charge in [-0.05, 0) is 11.5 Å². The molecule has 0 aliphatic heterocycles. The van der Waals surface area contributed by atoms with E-state index in [1.165, 1.54) is 0 Å². The van der Waals surface area contributed by atoms with Crippen LogP contribution in [0.25, 0.3) is 10.8 Å². The van der Waals surface area contributed by atoms with E-state index in [9.17, 15) is 10.2 Å². The van der Waals surface area contributed by atoms with Crippen LogP contribution in [0.2, 0.25) is 5.02 Å². The molecule has 0 amide bonds. The minimum atomic E-state index is -2.12. The van der Waals surface area contributed by atoms with Crippen molar-refractivity contribution < 1.29 is 10.2 Å². The molecular formula is C13H16Cl2N2O2. The van der Waals surface area contributed by atoms with E-state index in [0.717, 1.165) is 5.39 Å². The van der Waals surface area contributed by atoms with Gasteiger partial charge in [0.05, 0.1) is 0 Å². The van der Waals surface area contributed by atoms with Crippen LogP contribution in [0.1, 0.15) is 5.56 Å². The Balaban J connectivity index is 0.00000180. The molecular weight excluding hydrogens is 287 g/mol. The summed E-state index contributed by atoms with van der Waals surface area (Å²) in [5.74, 6) is -2.12. The van der Waals surface area contributed by atoms with E-state index in [2.05, 4.69) is 5.32 Å². The van der Waals surface area contributed by atoms with E-state index in [4.69, 9.17) is 17.3 Å². The lowest BCUT2D eigenvalue weighted by Gasteiger charge is -2.24. The molecule has 0 heterocycles. The molecule has 0 unspecified atom stereocenters. The van der Waals surface area contributed by atoms with Gasteiger partial charge in [0.25, 0.3) is 5.91 Å². The molecule has 104 valence electrons. The van der Waals surface area contributed by atoms with Crippen LogP contribution < -0.4 is 11.1 Å². The molecule has 2 rings (SSSR count). The molecule has 0 spiro atoms. The van der Waals surface area contributed by atoms with Crippen LogP contribution >= 0.6 is 24.0 Å². The average molecular weight is 303 g/mol. The second kappa shape index (κ2) is 6.52. The van der Waals surface area contributed by atoms with Crippen molar-refractivity contribution in [2.75, 3.05) is 13.1 Å². The highest BCUT2D eigenvalue weighted by Crippen LogP contribution is 2.29. The zero-order valence-corrected chi connectivity index (χ0v) is 11.7. The molecule has 0 aliphatic carbocycles. The quantitative estimate of drug-likeness (QED) is 0.646. The summed E-state index contributed by atoms with van der Waals surface area (Å²) in [6, 6.07) is 10.5. The summed E-state index contributed by atoms with van der Waals surface area (Å²) in [6.07, 6.45) is 0. The number of hydrogen-bond donors (Lipinski definition) is 4. The van der Waals surface area contributed by atoms with Crippen molar-refractivity contribution in [2.24, 2.45) is 5.73 Å². The molecule has 0 radical (unpaired) electrons. The van der Waals surface area contributed by atoms with E-state index < -0.39 is 5.91 Å². The van der Waals surface area contributed by atoms with Gasteiger partial charge in [0.15, 0.2) is 0 Å². The number of hydrogen-bond acceptors (Lipinski definition) is 4. The lowest BCUT2D eigenvalue weighted by atomic mass is 10.0. The molecule has 2 aromatic rings. The SMILES string of the molecule is Cl.NCCNC(O)(O)c1cccc2c(Cl)cccc12. The van der Waals surface area contributed by atoms with Crippen LogP contribution in [-0.4, -0.2) is 23.3 Å². The molecule has 0 saturated heterocycles. The van der Waals surface area contributed by atoms with E-state index in [1.807, 2.05) is 6.07 Å². The maximum absolute atomic E-state index is 10.1. The predicted molar refractivity (Wildman–Crippen MR) is 79.4 cm³/mol. The summed E-state index contributed by atoms with van der Waals surface area (Å²) >= 11 is 6.08. The number of aliphatic hydroxyl groups is 2. The minimum absolute atomic E-state index is 0. The number of nitrogens with one attached hydrogen (secondary N) is 1. The highest BCUT2D eigenvalue weighted by Gasteiger charge is 2.26. The van der Waals surface area contributed by atoms with Crippen LogP contribution in [0.5, 0.6) is 0 Å². The number of nitrogens with two attached hydrogens (primary N) is 1. The third kappa shape index (κ3) is 3.36. The van der Waals surface area contributed by atoms with Gasteiger partial charge in [-0.3, -0.25) is 5.32 Å². The molecule has 0 fully saturated rings. The smallest absolute Gasteiger partial charge is 0.251 e. The van der Waals surface area contributed by atoms with E-state index in [0.29, 0.717) is 29.1 Å². The molecule has 5 N–H and O–H groups in total. The molecule has 0 aromatic heterocycles. The lowest BCUT2D eigenvalue weighted by Crippen LogP contribution is -2.44. The second-order valence-corrected chi connectivity index (χ2v) is 4.44. The standard InChI is InChI=1S/C13H15ClN2O2.ClH/c14-12-6-2-3-9-10(12)4-1-5-11(9)13(17,18)16-8-7-15;/h1-6,16-18H,7-8,15H2;1H. The van der Waals surface area contributed by atoms with Gasteiger partial charge in [0, 0.05) is 29.1 Å². The second-order valence-electron chi connectivity index (χ2n) is 4.03. The first-order valence-electron chi connectivity index (χ1n) is 5.64. The van der Waals surface area contributed by atoms with Gasteiger partial charge in [-0.25, -0.2) is 0 Å². The van der Waals surface area contributed by atoms with Gasteiger partial charge in [-0.1, -0.05) is 41.9 Å². The van der Waals surface area contributed by atoms with E-state index in [1.54, 1.807) is 30.3 Å². The monoisotopic (exact) mass is 302 g/mol. The first-order chi connectivity index (χ1) is 8.56. The van der Waals surface area contributed by atoms with Crippen molar-refractivity contribution in [3.63, 3.8) is 0 Å². The maximum atomic E-state index is 10.1. The summed E-state index contributed by atoms with van der Waals surface area (Å²) in [6.45, 7) is 0.609. The Kier molecular flexibility index (Phi) is 5.55. The third-order valence-electron chi connectivity index (χ3n) is 2.76. The van der Waals surface area contributed by atoms with Gasteiger partial charge in [0.2, 0.25) is 0 Å². The average Bonchev–Trinajstić information content (AvgIpc) is 2.36. The molecule has 2 aromatic carbocycles. The molecule has 19 heavy (non-hydrogen) atoms. The van der Waals surface area contributed by atoms with Crippen LogP contribution in [-0.2, 0) is 5.91 Å². The largest absolute Gasteiger partial charge is 0.350 e. The fourth-order valence-corrected chi connectivity index (χ4v) is 2.15. The Labute approximate surface area is 122 Å². The van der Waals surface area contributed by atoms with Crippen LogP contribution in [0.15, 0.2) is 36.4 Å². The molecule has 4 nitrogen and oxygen atoms in total. The fourth-order valence-electron chi connectivity index (χ4n) is 1.92. The highest BCUT2D eigenvalue weighted by atomic mass is 35.5. The predicted octanol–water partition coefficient (Wildman–Crippen LogP) is 1.56. The van der Waals surface area contributed by atoms with Crippen LogP contribution in [0.4, 0.5) is 0 Å². The van der Waals surface area contributed by atoms with Crippen LogP contribution in [0, 0.1) is 0 Å². The Morgan fingerprint density at radius 2 is 1.74 bits per heavy atom. The number of halogens is 2. The summed E-state index contributed by atoms with van der Waals surface area (Å²) < 4.78 is 0.